The first kappa shape index (κ1) is 21.0. The number of hydrogen-bond donors (Lipinski definition) is 1. The summed E-state index contributed by atoms with van der Waals surface area (Å²) in [5.74, 6) is 0.932. The van der Waals surface area contributed by atoms with Gasteiger partial charge in [-0.25, -0.2) is 4.98 Å². The Kier molecular flexibility index (Phi) is 6.54. The molecule has 3 heterocycles. The van der Waals surface area contributed by atoms with E-state index < -0.39 is 0 Å². The molecule has 0 unspecified atom stereocenters. The first-order valence-corrected chi connectivity index (χ1v) is 11.2. The maximum Gasteiger partial charge on any atom is 0.234 e. The number of hydrogen-bond acceptors (Lipinski definition) is 8. The number of thiazole rings is 1. The van der Waals surface area contributed by atoms with Crippen LogP contribution in [0.1, 0.15) is 5.69 Å². The quantitative estimate of drug-likeness (QED) is 0.409. The third kappa shape index (κ3) is 5.25. The van der Waals surface area contributed by atoms with E-state index in [2.05, 4.69) is 25.5 Å². The van der Waals surface area contributed by atoms with Crippen LogP contribution in [0.5, 0.6) is 5.75 Å². The number of carbonyl (C=O) groups excluding carboxylic acids is 1. The fraction of sp³-hybridized carbons (Fsp3) is 0.136. The number of nitrogens with one attached hydrogen (secondary N) is 1. The molecule has 0 aliphatic carbocycles. The van der Waals surface area contributed by atoms with Gasteiger partial charge >= 0.3 is 0 Å². The summed E-state index contributed by atoms with van der Waals surface area (Å²) in [5, 5.41) is 13.0. The van der Waals surface area contributed by atoms with Crippen LogP contribution in [-0.2, 0) is 4.79 Å². The Hall–Kier alpha value is -3.30. The fourth-order valence-electron chi connectivity index (χ4n) is 2.78. The summed E-state index contributed by atoms with van der Waals surface area (Å²) < 4.78 is 5.21. The van der Waals surface area contributed by atoms with E-state index in [1.54, 1.807) is 43.0 Å². The highest BCUT2D eigenvalue weighted by atomic mass is 32.2. The molecule has 4 aromatic rings. The third-order valence-electron chi connectivity index (χ3n) is 4.30. The molecule has 0 spiro atoms. The lowest BCUT2D eigenvalue weighted by Crippen LogP contribution is -2.14. The number of nitrogens with zero attached hydrogens (tertiary/aromatic N) is 4. The van der Waals surface area contributed by atoms with Gasteiger partial charge in [0.25, 0.3) is 0 Å². The Labute approximate surface area is 187 Å². The fourth-order valence-corrected chi connectivity index (χ4v) is 4.43. The maximum atomic E-state index is 12.1. The van der Waals surface area contributed by atoms with Crippen LogP contribution in [0, 0.1) is 6.92 Å². The van der Waals surface area contributed by atoms with Gasteiger partial charge in [0.2, 0.25) is 5.91 Å². The second-order valence-corrected chi connectivity index (χ2v) is 8.49. The van der Waals surface area contributed by atoms with Gasteiger partial charge in [-0.05, 0) is 55.5 Å². The SMILES string of the molecule is COc1ccc(-c2nc(C)c(-c3ccc(SCC(=O)Nc4cccnc4)nn3)s2)cc1. The molecule has 0 aliphatic rings. The number of aromatic nitrogens is 4. The van der Waals surface area contributed by atoms with Crippen LogP contribution in [-0.4, -0.2) is 38.9 Å². The van der Waals surface area contributed by atoms with Gasteiger partial charge in [0.05, 0.1) is 35.3 Å². The Morgan fingerprint density at radius 1 is 1.13 bits per heavy atom. The number of aryl methyl sites for hydroxylation is 1. The van der Waals surface area contributed by atoms with Crippen LogP contribution >= 0.6 is 23.1 Å². The van der Waals surface area contributed by atoms with Crippen molar-refractivity contribution in [1.29, 1.82) is 0 Å². The molecular formula is C22H19N5O2S2. The monoisotopic (exact) mass is 449 g/mol. The van der Waals surface area contributed by atoms with Gasteiger partial charge in [0.15, 0.2) is 0 Å². The minimum absolute atomic E-state index is 0.119. The molecule has 0 fully saturated rings. The predicted molar refractivity (Wildman–Crippen MR) is 123 cm³/mol. The molecule has 0 radical (unpaired) electrons. The molecule has 0 atom stereocenters. The van der Waals surface area contributed by atoms with Crippen molar-refractivity contribution in [3.8, 4) is 26.9 Å². The van der Waals surface area contributed by atoms with Crippen LogP contribution in [0.2, 0.25) is 0 Å². The lowest BCUT2D eigenvalue weighted by molar-refractivity contribution is -0.113. The minimum atomic E-state index is -0.119. The summed E-state index contributed by atoms with van der Waals surface area (Å²) in [6, 6.07) is 15.2. The van der Waals surface area contributed by atoms with E-state index in [0.29, 0.717) is 10.7 Å². The maximum absolute atomic E-state index is 12.1. The Morgan fingerprint density at radius 3 is 2.65 bits per heavy atom. The highest BCUT2D eigenvalue weighted by Crippen LogP contribution is 2.35. The van der Waals surface area contributed by atoms with Gasteiger partial charge in [-0.2, -0.15) is 0 Å². The lowest BCUT2D eigenvalue weighted by Gasteiger charge is -2.04. The van der Waals surface area contributed by atoms with Crippen molar-refractivity contribution in [3.05, 3.63) is 66.6 Å². The predicted octanol–water partition coefficient (Wildman–Crippen LogP) is 4.71. The first-order valence-electron chi connectivity index (χ1n) is 9.41. The van der Waals surface area contributed by atoms with Gasteiger partial charge in [0, 0.05) is 11.8 Å². The molecule has 1 aromatic carbocycles. The first-order chi connectivity index (χ1) is 15.1. The number of carbonyl (C=O) groups is 1. The number of thioether (sulfide) groups is 1. The van der Waals surface area contributed by atoms with E-state index in [0.717, 1.165) is 32.6 Å². The van der Waals surface area contributed by atoms with Gasteiger partial charge in [-0.15, -0.1) is 21.5 Å². The molecule has 9 heteroatoms. The highest BCUT2D eigenvalue weighted by Gasteiger charge is 2.14. The van der Waals surface area contributed by atoms with Crippen LogP contribution in [0.3, 0.4) is 0 Å². The van der Waals surface area contributed by atoms with Crippen molar-refractivity contribution in [1.82, 2.24) is 20.2 Å². The molecule has 4 rings (SSSR count). The van der Waals surface area contributed by atoms with Crippen molar-refractivity contribution in [2.24, 2.45) is 0 Å². The molecule has 1 N–H and O–H groups in total. The van der Waals surface area contributed by atoms with Crippen LogP contribution in [0.25, 0.3) is 21.1 Å². The number of rotatable bonds is 7. The van der Waals surface area contributed by atoms with Crippen LogP contribution in [0.4, 0.5) is 5.69 Å². The standard InChI is InChI=1S/C22H19N5O2S2/c1-14-21(31-22(24-14)15-5-7-17(29-2)8-6-15)18-9-10-20(27-26-18)30-13-19(28)25-16-4-3-11-23-12-16/h3-12H,13H2,1-2H3,(H,25,28). The van der Waals surface area contributed by atoms with E-state index in [1.807, 2.05) is 43.3 Å². The average molecular weight is 450 g/mol. The zero-order valence-corrected chi connectivity index (χ0v) is 18.5. The normalized spacial score (nSPS) is 10.6. The van der Waals surface area contributed by atoms with E-state index in [9.17, 15) is 4.79 Å². The molecule has 0 bridgehead atoms. The summed E-state index contributed by atoms with van der Waals surface area (Å²) in [6.07, 6.45) is 3.26. The van der Waals surface area contributed by atoms with Crippen molar-refractivity contribution in [2.75, 3.05) is 18.2 Å². The number of anilines is 1. The smallest absolute Gasteiger partial charge is 0.234 e. The summed E-state index contributed by atoms with van der Waals surface area (Å²) in [4.78, 5) is 21.7. The van der Waals surface area contributed by atoms with Gasteiger partial charge in [0.1, 0.15) is 21.5 Å². The summed E-state index contributed by atoms with van der Waals surface area (Å²) in [5.41, 5.74) is 3.36. The number of amides is 1. The molecule has 0 saturated carbocycles. The Morgan fingerprint density at radius 2 is 1.97 bits per heavy atom. The summed E-state index contributed by atoms with van der Waals surface area (Å²) in [7, 11) is 1.65. The number of pyridine rings is 1. The average Bonchev–Trinajstić information content (AvgIpc) is 3.20. The van der Waals surface area contributed by atoms with E-state index in [1.165, 1.54) is 11.8 Å². The highest BCUT2D eigenvalue weighted by molar-refractivity contribution is 7.99. The molecule has 0 aliphatic heterocycles. The Balaban J connectivity index is 1.41. The van der Waals surface area contributed by atoms with E-state index >= 15 is 0 Å². The minimum Gasteiger partial charge on any atom is -0.497 e. The van der Waals surface area contributed by atoms with Crippen molar-refractivity contribution in [2.45, 2.75) is 11.9 Å². The topological polar surface area (TPSA) is 89.9 Å². The second-order valence-electron chi connectivity index (χ2n) is 6.50. The van der Waals surface area contributed by atoms with E-state index in [-0.39, 0.29) is 11.7 Å². The molecule has 31 heavy (non-hydrogen) atoms. The zero-order valence-electron chi connectivity index (χ0n) is 16.9. The number of methoxy groups -OCH3 is 1. The summed E-state index contributed by atoms with van der Waals surface area (Å²) >= 11 is 2.90. The third-order valence-corrected chi connectivity index (χ3v) is 6.45. The molecular weight excluding hydrogens is 430 g/mol. The molecule has 7 nitrogen and oxygen atoms in total. The summed E-state index contributed by atoms with van der Waals surface area (Å²) in [6.45, 7) is 1.96. The van der Waals surface area contributed by atoms with Crippen molar-refractivity contribution >= 4 is 34.7 Å². The number of benzene rings is 1. The number of ether oxygens (including phenoxy) is 1. The van der Waals surface area contributed by atoms with Crippen molar-refractivity contribution in [3.63, 3.8) is 0 Å². The van der Waals surface area contributed by atoms with Crippen molar-refractivity contribution < 1.29 is 9.53 Å². The van der Waals surface area contributed by atoms with Gasteiger partial charge in [-0.1, -0.05) is 11.8 Å². The van der Waals surface area contributed by atoms with E-state index in [4.69, 9.17) is 4.74 Å². The zero-order chi connectivity index (χ0) is 21.6. The van der Waals surface area contributed by atoms with Gasteiger partial charge in [-0.3, -0.25) is 9.78 Å². The van der Waals surface area contributed by atoms with Crippen LogP contribution < -0.4 is 10.1 Å². The lowest BCUT2D eigenvalue weighted by atomic mass is 10.2. The Bertz CT molecular complexity index is 1160. The molecule has 156 valence electrons. The van der Waals surface area contributed by atoms with Gasteiger partial charge < -0.3 is 10.1 Å². The molecule has 1 amide bonds. The van der Waals surface area contributed by atoms with Crippen LogP contribution in [0.15, 0.2) is 66.0 Å². The second kappa shape index (κ2) is 9.67. The largest absolute Gasteiger partial charge is 0.497 e. The molecule has 3 aromatic heterocycles. The molecule has 0 saturated heterocycles.